The molecule has 5 rings (SSSR count). The molecule has 37 heavy (non-hydrogen) atoms. The van der Waals surface area contributed by atoms with E-state index in [9.17, 15) is 9.59 Å². The van der Waals surface area contributed by atoms with E-state index in [0.29, 0.717) is 30.2 Å². The quantitative estimate of drug-likeness (QED) is 0.360. The van der Waals surface area contributed by atoms with E-state index in [0.717, 1.165) is 40.8 Å². The lowest BCUT2D eigenvalue weighted by atomic mass is 9.94. The molecule has 0 bridgehead atoms. The molecule has 0 aromatic heterocycles. The fourth-order valence-electron chi connectivity index (χ4n) is 4.53. The Morgan fingerprint density at radius 2 is 1.78 bits per heavy atom. The van der Waals surface area contributed by atoms with Crippen molar-refractivity contribution in [2.75, 3.05) is 38.5 Å². The standard InChI is InChI=1S/C29H30N2O6.H2/c1-19-2-8-23(31-28(34)29(10-11-29)22-7-9-25-26(16-22)37-18-36-25)17-24(19)20-3-5-21(6-4-20)27(33)30-12-14-35-15-13-32;/h2-9,16-17,32H,10-15,18H2,1H3,(H,30,33)(H,31,34);1H. The van der Waals surface area contributed by atoms with Crippen LogP contribution in [0.5, 0.6) is 11.5 Å². The summed E-state index contributed by atoms with van der Waals surface area (Å²) in [5, 5.41) is 14.6. The minimum atomic E-state index is -0.551. The van der Waals surface area contributed by atoms with Crippen molar-refractivity contribution in [2.24, 2.45) is 0 Å². The fraction of sp³-hybridized carbons (Fsp3) is 0.310. The summed E-state index contributed by atoms with van der Waals surface area (Å²) in [5.41, 5.74) is 4.66. The smallest absolute Gasteiger partial charge is 0.251 e. The summed E-state index contributed by atoms with van der Waals surface area (Å²) in [6.45, 7) is 3.15. The van der Waals surface area contributed by atoms with Gasteiger partial charge in [-0.15, -0.1) is 0 Å². The van der Waals surface area contributed by atoms with E-state index < -0.39 is 5.41 Å². The van der Waals surface area contributed by atoms with Crippen LogP contribution < -0.4 is 20.1 Å². The van der Waals surface area contributed by atoms with E-state index in [4.69, 9.17) is 19.3 Å². The molecule has 1 aliphatic carbocycles. The van der Waals surface area contributed by atoms with Gasteiger partial charge in [-0.2, -0.15) is 0 Å². The zero-order valence-corrected chi connectivity index (χ0v) is 20.7. The molecule has 1 aliphatic heterocycles. The van der Waals surface area contributed by atoms with Crippen LogP contribution in [0.2, 0.25) is 0 Å². The SMILES string of the molecule is Cc1ccc(NC(=O)C2(c3ccc4c(c3)OCO4)CC2)cc1-c1ccc(C(=O)NCCOCCO)cc1.[HH]. The first-order valence-corrected chi connectivity index (χ1v) is 12.4. The number of rotatable bonds is 10. The number of benzene rings is 3. The highest BCUT2D eigenvalue weighted by atomic mass is 16.7. The van der Waals surface area contributed by atoms with Gasteiger partial charge in [-0.1, -0.05) is 24.3 Å². The van der Waals surface area contributed by atoms with Gasteiger partial charge in [0, 0.05) is 19.2 Å². The average Bonchev–Trinajstić information content (AvgIpc) is 3.60. The number of ether oxygens (including phenoxy) is 3. The highest BCUT2D eigenvalue weighted by Gasteiger charge is 2.51. The van der Waals surface area contributed by atoms with Crippen LogP contribution in [0, 0.1) is 6.92 Å². The van der Waals surface area contributed by atoms with Gasteiger partial charge in [0.1, 0.15) is 0 Å². The second-order valence-electron chi connectivity index (χ2n) is 9.30. The second-order valence-corrected chi connectivity index (χ2v) is 9.30. The molecule has 8 heteroatoms. The number of fused-ring (bicyclic) bond motifs is 1. The molecule has 8 nitrogen and oxygen atoms in total. The minimum absolute atomic E-state index is 0. The molecule has 0 spiro atoms. The van der Waals surface area contributed by atoms with Crippen LogP contribution in [0.1, 0.15) is 35.8 Å². The molecule has 194 valence electrons. The van der Waals surface area contributed by atoms with Crippen LogP contribution in [0.15, 0.2) is 60.7 Å². The van der Waals surface area contributed by atoms with Gasteiger partial charge in [-0.3, -0.25) is 9.59 Å². The summed E-state index contributed by atoms with van der Waals surface area (Å²) >= 11 is 0. The Bertz CT molecular complexity index is 1310. The summed E-state index contributed by atoms with van der Waals surface area (Å²) in [6.07, 6.45) is 1.57. The number of carbonyl (C=O) groups excluding carboxylic acids is 2. The van der Waals surface area contributed by atoms with Crippen molar-refractivity contribution < 1.29 is 30.3 Å². The molecule has 0 radical (unpaired) electrons. The van der Waals surface area contributed by atoms with Gasteiger partial charge in [0.25, 0.3) is 5.91 Å². The lowest BCUT2D eigenvalue weighted by Crippen LogP contribution is -2.27. The van der Waals surface area contributed by atoms with Crippen LogP contribution in [0.3, 0.4) is 0 Å². The predicted octanol–water partition coefficient (Wildman–Crippen LogP) is 4.05. The Morgan fingerprint density at radius 3 is 2.54 bits per heavy atom. The normalized spacial score (nSPS) is 14.8. The predicted molar refractivity (Wildman–Crippen MR) is 141 cm³/mol. The number of anilines is 1. The van der Waals surface area contributed by atoms with Crippen LogP contribution >= 0.6 is 0 Å². The van der Waals surface area contributed by atoms with Crippen LogP contribution in [-0.4, -0.2) is 50.1 Å². The van der Waals surface area contributed by atoms with Crippen LogP contribution in [0.25, 0.3) is 11.1 Å². The Balaban J connectivity index is 0.00000336. The summed E-state index contributed by atoms with van der Waals surface area (Å²) in [7, 11) is 0. The largest absolute Gasteiger partial charge is 0.454 e. The maximum absolute atomic E-state index is 13.3. The van der Waals surface area contributed by atoms with E-state index in [1.54, 1.807) is 12.1 Å². The van der Waals surface area contributed by atoms with E-state index in [1.165, 1.54) is 0 Å². The third kappa shape index (κ3) is 5.30. The number of nitrogens with one attached hydrogen (secondary N) is 2. The molecule has 1 heterocycles. The topological polar surface area (TPSA) is 106 Å². The number of hydrogen-bond acceptors (Lipinski definition) is 6. The van der Waals surface area contributed by atoms with Crippen molar-refractivity contribution >= 4 is 17.5 Å². The molecule has 0 unspecified atom stereocenters. The first kappa shape index (κ1) is 24.8. The molecule has 3 aromatic rings. The summed E-state index contributed by atoms with van der Waals surface area (Å²) in [6, 6.07) is 19.0. The zero-order valence-electron chi connectivity index (χ0n) is 20.7. The molecular formula is C29H32N2O6. The number of amides is 2. The van der Waals surface area contributed by atoms with Gasteiger partial charge < -0.3 is 30.0 Å². The van der Waals surface area contributed by atoms with Crippen molar-refractivity contribution in [1.29, 1.82) is 0 Å². The highest BCUT2D eigenvalue weighted by Crippen LogP contribution is 2.51. The van der Waals surface area contributed by atoms with Gasteiger partial charge in [-0.05, 0) is 78.4 Å². The lowest BCUT2D eigenvalue weighted by Gasteiger charge is -2.17. The van der Waals surface area contributed by atoms with Gasteiger partial charge in [0.15, 0.2) is 11.5 Å². The number of aliphatic hydroxyl groups excluding tert-OH is 1. The first-order valence-electron chi connectivity index (χ1n) is 12.4. The van der Waals surface area contributed by atoms with E-state index >= 15 is 0 Å². The van der Waals surface area contributed by atoms with Crippen molar-refractivity contribution in [2.45, 2.75) is 25.2 Å². The Kier molecular flexibility index (Phi) is 7.12. The number of aryl methyl sites for hydroxylation is 1. The monoisotopic (exact) mass is 504 g/mol. The number of hydrogen-bond donors (Lipinski definition) is 3. The molecule has 1 saturated carbocycles. The summed E-state index contributed by atoms with van der Waals surface area (Å²) in [5.74, 6) is 1.17. The molecule has 1 fully saturated rings. The average molecular weight is 505 g/mol. The molecule has 3 N–H and O–H groups in total. The van der Waals surface area contributed by atoms with Gasteiger partial charge in [0.05, 0.1) is 25.2 Å². The Hall–Kier alpha value is -3.88. The summed E-state index contributed by atoms with van der Waals surface area (Å²) < 4.78 is 16.1. The van der Waals surface area contributed by atoms with Crippen molar-refractivity contribution in [3.05, 3.63) is 77.4 Å². The van der Waals surface area contributed by atoms with Crippen molar-refractivity contribution in [3.8, 4) is 22.6 Å². The Labute approximate surface area is 217 Å². The number of carbonyl (C=O) groups is 2. The lowest BCUT2D eigenvalue weighted by molar-refractivity contribution is -0.118. The highest BCUT2D eigenvalue weighted by molar-refractivity contribution is 6.02. The van der Waals surface area contributed by atoms with Crippen molar-refractivity contribution in [1.82, 2.24) is 5.32 Å². The third-order valence-electron chi connectivity index (χ3n) is 6.83. The second kappa shape index (κ2) is 10.6. The maximum Gasteiger partial charge on any atom is 0.251 e. The van der Waals surface area contributed by atoms with Crippen molar-refractivity contribution in [3.63, 3.8) is 0 Å². The number of aliphatic hydroxyl groups is 1. The molecule has 3 aromatic carbocycles. The molecule has 2 amide bonds. The third-order valence-corrected chi connectivity index (χ3v) is 6.83. The van der Waals surface area contributed by atoms with Gasteiger partial charge in [0.2, 0.25) is 12.7 Å². The molecule has 0 atom stereocenters. The fourth-order valence-corrected chi connectivity index (χ4v) is 4.53. The Morgan fingerprint density at radius 1 is 1.00 bits per heavy atom. The summed E-state index contributed by atoms with van der Waals surface area (Å²) in [4.78, 5) is 25.7. The first-order chi connectivity index (χ1) is 18.0. The van der Waals surface area contributed by atoms with Gasteiger partial charge >= 0.3 is 0 Å². The maximum atomic E-state index is 13.3. The van der Waals surface area contributed by atoms with Crippen LogP contribution in [0.4, 0.5) is 5.69 Å². The van der Waals surface area contributed by atoms with Crippen LogP contribution in [-0.2, 0) is 14.9 Å². The molecule has 2 aliphatic rings. The van der Waals surface area contributed by atoms with E-state index in [-0.39, 0.29) is 33.2 Å². The molecular weight excluding hydrogens is 472 g/mol. The van der Waals surface area contributed by atoms with Gasteiger partial charge in [-0.25, -0.2) is 0 Å². The van der Waals surface area contributed by atoms with E-state index in [1.807, 2.05) is 55.5 Å². The molecule has 0 saturated heterocycles. The van der Waals surface area contributed by atoms with E-state index in [2.05, 4.69) is 10.6 Å². The zero-order chi connectivity index (χ0) is 25.8. The minimum Gasteiger partial charge on any atom is -0.454 e.